The highest BCUT2D eigenvalue weighted by Gasteiger charge is 2.41. The van der Waals surface area contributed by atoms with Gasteiger partial charge in [0.1, 0.15) is 13.2 Å². The Morgan fingerprint density at radius 1 is 1.28 bits per heavy atom. The minimum absolute atomic E-state index is 0.0419. The highest BCUT2D eigenvalue weighted by atomic mass is 79.9. The summed E-state index contributed by atoms with van der Waals surface area (Å²) in [6, 6.07) is 4.04. The molecule has 18 heavy (non-hydrogen) atoms. The molecule has 0 amide bonds. The van der Waals surface area contributed by atoms with Crippen LogP contribution in [0.25, 0.3) is 0 Å². The summed E-state index contributed by atoms with van der Waals surface area (Å²) >= 11 is 3.50. The normalized spacial score (nSPS) is 19.7. The van der Waals surface area contributed by atoms with Gasteiger partial charge in [-0.15, -0.1) is 0 Å². The van der Waals surface area contributed by atoms with Gasteiger partial charge in [-0.25, -0.2) is 0 Å². The number of halogens is 1. The molecule has 1 fully saturated rings. The predicted molar refractivity (Wildman–Crippen MR) is 71.0 cm³/mol. The Kier molecular flexibility index (Phi) is 3.21. The van der Waals surface area contributed by atoms with Gasteiger partial charge in [0.2, 0.25) is 0 Å². The van der Waals surface area contributed by atoms with Crippen LogP contribution in [0, 0.1) is 0 Å². The van der Waals surface area contributed by atoms with Crippen molar-refractivity contribution >= 4 is 15.9 Å². The van der Waals surface area contributed by atoms with Gasteiger partial charge in [0.25, 0.3) is 0 Å². The molecule has 4 nitrogen and oxygen atoms in total. The summed E-state index contributed by atoms with van der Waals surface area (Å²) in [5.41, 5.74) is 1.09. The van der Waals surface area contributed by atoms with E-state index in [1.165, 1.54) is 0 Å². The van der Waals surface area contributed by atoms with Crippen LogP contribution in [-0.2, 0) is 6.54 Å². The highest BCUT2D eigenvalue weighted by Crippen LogP contribution is 2.39. The van der Waals surface area contributed by atoms with Crippen LogP contribution in [0.3, 0.4) is 0 Å². The summed E-state index contributed by atoms with van der Waals surface area (Å²) in [6.45, 7) is 2.13. The van der Waals surface area contributed by atoms with E-state index < -0.39 is 0 Å². The van der Waals surface area contributed by atoms with E-state index in [0.29, 0.717) is 13.2 Å². The molecule has 2 N–H and O–H groups in total. The third-order valence-corrected chi connectivity index (χ3v) is 4.07. The number of ether oxygens (including phenoxy) is 2. The molecule has 1 saturated carbocycles. The van der Waals surface area contributed by atoms with Gasteiger partial charge in [-0.05, 0) is 46.5 Å². The van der Waals surface area contributed by atoms with Gasteiger partial charge >= 0.3 is 0 Å². The monoisotopic (exact) mass is 313 g/mol. The maximum atomic E-state index is 9.26. The number of hydrogen-bond donors (Lipinski definition) is 2. The number of benzene rings is 1. The zero-order valence-corrected chi connectivity index (χ0v) is 11.6. The Bertz CT molecular complexity index is 460. The average molecular weight is 314 g/mol. The Morgan fingerprint density at radius 3 is 2.78 bits per heavy atom. The minimum Gasteiger partial charge on any atom is -0.486 e. The van der Waals surface area contributed by atoms with Crippen LogP contribution in [0.1, 0.15) is 18.4 Å². The standard InChI is InChI=1S/C13H16BrNO3/c14-10-5-9(7-15-13(8-16)1-2-13)6-11-12(10)18-4-3-17-11/h5-6,15-16H,1-4,7-8H2. The van der Waals surface area contributed by atoms with Crippen LogP contribution in [-0.4, -0.2) is 30.5 Å². The lowest BCUT2D eigenvalue weighted by Gasteiger charge is -2.21. The molecule has 0 radical (unpaired) electrons. The van der Waals surface area contributed by atoms with Crippen molar-refractivity contribution < 1.29 is 14.6 Å². The van der Waals surface area contributed by atoms with Gasteiger partial charge in [0.15, 0.2) is 11.5 Å². The molecule has 1 aromatic rings. The minimum atomic E-state index is -0.0419. The molecule has 0 unspecified atom stereocenters. The van der Waals surface area contributed by atoms with Crippen molar-refractivity contribution in [3.63, 3.8) is 0 Å². The van der Waals surface area contributed by atoms with Gasteiger partial charge in [0, 0.05) is 12.1 Å². The molecular weight excluding hydrogens is 298 g/mol. The molecule has 1 aromatic carbocycles. The quantitative estimate of drug-likeness (QED) is 0.890. The Balaban J connectivity index is 1.74. The Morgan fingerprint density at radius 2 is 2.06 bits per heavy atom. The molecule has 0 atom stereocenters. The van der Waals surface area contributed by atoms with Gasteiger partial charge in [-0.2, -0.15) is 0 Å². The van der Waals surface area contributed by atoms with E-state index in [1.807, 2.05) is 12.1 Å². The number of hydrogen-bond acceptors (Lipinski definition) is 4. The first-order valence-corrected chi connectivity index (χ1v) is 6.96. The molecule has 0 bridgehead atoms. The molecule has 1 aliphatic carbocycles. The van der Waals surface area contributed by atoms with Gasteiger partial charge in [0.05, 0.1) is 11.1 Å². The molecule has 1 heterocycles. The van der Waals surface area contributed by atoms with Gasteiger partial charge in [-0.1, -0.05) is 0 Å². The fraction of sp³-hybridized carbons (Fsp3) is 0.538. The number of fused-ring (bicyclic) bond motifs is 1. The van der Waals surface area contributed by atoms with Crippen molar-refractivity contribution in [3.8, 4) is 11.5 Å². The fourth-order valence-electron chi connectivity index (χ4n) is 2.10. The summed E-state index contributed by atoms with van der Waals surface area (Å²) in [7, 11) is 0. The molecule has 2 aliphatic rings. The number of aliphatic hydroxyl groups excluding tert-OH is 1. The van der Waals surface area contributed by atoms with E-state index in [1.54, 1.807) is 0 Å². The average Bonchev–Trinajstić information content (AvgIpc) is 3.17. The molecule has 1 aliphatic heterocycles. The van der Waals surface area contributed by atoms with Crippen LogP contribution >= 0.6 is 15.9 Å². The number of nitrogens with one attached hydrogen (secondary N) is 1. The molecule has 5 heteroatoms. The van der Waals surface area contributed by atoms with Crippen LogP contribution in [0.15, 0.2) is 16.6 Å². The second kappa shape index (κ2) is 4.72. The van der Waals surface area contributed by atoms with Crippen molar-refractivity contribution in [2.24, 2.45) is 0 Å². The summed E-state index contributed by atoms with van der Waals surface area (Å²) in [5.74, 6) is 1.58. The van der Waals surface area contributed by atoms with Crippen LogP contribution < -0.4 is 14.8 Å². The summed E-state index contributed by atoms with van der Waals surface area (Å²) < 4.78 is 12.1. The van der Waals surface area contributed by atoms with Crippen molar-refractivity contribution in [2.45, 2.75) is 24.9 Å². The molecule has 0 saturated heterocycles. The van der Waals surface area contributed by atoms with Crippen molar-refractivity contribution in [1.82, 2.24) is 5.32 Å². The van der Waals surface area contributed by atoms with E-state index in [4.69, 9.17) is 9.47 Å². The second-order valence-corrected chi connectivity index (χ2v) is 5.75. The zero-order valence-electron chi connectivity index (χ0n) is 10.0. The number of rotatable bonds is 4. The SMILES string of the molecule is OCC1(NCc2cc(Br)c3c(c2)OCCO3)CC1. The van der Waals surface area contributed by atoms with E-state index >= 15 is 0 Å². The van der Waals surface area contributed by atoms with E-state index in [-0.39, 0.29) is 12.1 Å². The smallest absolute Gasteiger partial charge is 0.175 e. The maximum Gasteiger partial charge on any atom is 0.175 e. The Hall–Kier alpha value is -0.780. The lowest BCUT2D eigenvalue weighted by molar-refractivity contribution is 0.170. The van der Waals surface area contributed by atoms with Crippen molar-refractivity contribution in [2.75, 3.05) is 19.8 Å². The molecule has 98 valence electrons. The maximum absolute atomic E-state index is 9.26. The zero-order chi connectivity index (χ0) is 12.6. The van der Waals surface area contributed by atoms with Crippen LogP contribution in [0.2, 0.25) is 0 Å². The van der Waals surface area contributed by atoms with E-state index in [9.17, 15) is 5.11 Å². The van der Waals surface area contributed by atoms with Crippen LogP contribution in [0.4, 0.5) is 0 Å². The fourth-order valence-corrected chi connectivity index (χ4v) is 2.70. The first-order chi connectivity index (χ1) is 8.72. The van der Waals surface area contributed by atoms with E-state index in [2.05, 4.69) is 21.2 Å². The number of aliphatic hydroxyl groups is 1. The van der Waals surface area contributed by atoms with Crippen molar-refractivity contribution in [1.29, 1.82) is 0 Å². The molecule has 0 spiro atoms. The predicted octanol–water partition coefficient (Wildman–Crippen LogP) is 1.83. The van der Waals surface area contributed by atoms with Gasteiger partial charge < -0.3 is 19.9 Å². The first-order valence-electron chi connectivity index (χ1n) is 6.16. The lowest BCUT2D eigenvalue weighted by atomic mass is 10.1. The lowest BCUT2D eigenvalue weighted by Crippen LogP contribution is -2.34. The van der Waals surface area contributed by atoms with Crippen LogP contribution in [0.5, 0.6) is 11.5 Å². The van der Waals surface area contributed by atoms with Gasteiger partial charge in [-0.3, -0.25) is 0 Å². The van der Waals surface area contributed by atoms with Crippen molar-refractivity contribution in [3.05, 3.63) is 22.2 Å². The summed E-state index contributed by atoms with van der Waals surface area (Å²) in [5, 5.41) is 12.7. The molecule has 3 rings (SSSR count). The topological polar surface area (TPSA) is 50.7 Å². The summed E-state index contributed by atoms with van der Waals surface area (Å²) in [4.78, 5) is 0. The largest absolute Gasteiger partial charge is 0.486 e. The highest BCUT2D eigenvalue weighted by molar-refractivity contribution is 9.10. The first kappa shape index (κ1) is 12.3. The Labute approximate surface area is 114 Å². The molecular formula is C13H16BrNO3. The second-order valence-electron chi connectivity index (χ2n) is 4.89. The third-order valence-electron chi connectivity index (χ3n) is 3.48. The summed E-state index contributed by atoms with van der Waals surface area (Å²) in [6.07, 6.45) is 2.10. The van der Waals surface area contributed by atoms with E-state index in [0.717, 1.165) is 40.9 Å². The third kappa shape index (κ3) is 2.35. The molecule has 0 aromatic heterocycles.